The predicted octanol–water partition coefficient (Wildman–Crippen LogP) is 2.63. The van der Waals surface area contributed by atoms with Crippen LogP contribution in [0.1, 0.15) is 5.56 Å². The van der Waals surface area contributed by atoms with Gasteiger partial charge in [0.05, 0.1) is 0 Å². The van der Waals surface area contributed by atoms with Gasteiger partial charge in [-0.1, -0.05) is 18.2 Å². The molecule has 2 rings (SSSR count). The van der Waals surface area contributed by atoms with Crippen LogP contribution in [0.15, 0.2) is 53.8 Å². The van der Waals surface area contributed by atoms with Gasteiger partial charge in [0.15, 0.2) is 0 Å². The molecule has 1 aromatic carbocycles. The van der Waals surface area contributed by atoms with Crippen molar-refractivity contribution < 1.29 is 9.53 Å². The average Bonchev–Trinajstić information content (AvgIpc) is 2.39. The smallest absolute Gasteiger partial charge is 0.240 e. The molecule has 1 heterocycles. The van der Waals surface area contributed by atoms with Crippen molar-refractivity contribution in [1.29, 1.82) is 0 Å². The van der Waals surface area contributed by atoms with E-state index in [0.717, 1.165) is 5.56 Å². The molecular formula is C13H10N2O2. The molecule has 84 valence electrons. The SMILES string of the molecule is O=C=Nc1ccccc1OCc1cccnc1. The minimum absolute atomic E-state index is 0.388. The summed E-state index contributed by atoms with van der Waals surface area (Å²) in [5.74, 6) is 0.555. The minimum atomic E-state index is 0.388. The van der Waals surface area contributed by atoms with Crippen LogP contribution in [0.4, 0.5) is 5.69 Å². The number of aromatic nitrogens is 1. The number of benzene rings is 1. The second-order valence-corrected chi connectivity index (χ2v) is 3.32. The van der Waals surface area contributed by atoms with Crippen molar-refractivity contribution in [3.05, 3.63) is 54.4 Å². The number of ether oxygens (including phenoxy) is 1. The highest BCUT2D eigenvalue weighted by Crippen LogP contribution is 2.26. The molecule has 0 aliphatic carbocycles. The Morgan fingerprint density at radius 1 is 1.24 bits per heavy atom. The molecule has 4 nitrogen and oxygen atoms in total. The quantitative estimate of drug-likeness (QED) is 0.594. The molecule has 0 saturated heterocycles. The molecule has 0 amide bonds. The van der Waals surface area contributed by atoms with E-state index in [-0.39, 0.29) is 0 Å². The van der Waals surface area contributed by atoms with Gasteiger partial charge in [0.2, 0.25) is 6.08 Å². The van der Waals surface area contributed by atoms with Crippen molar-refractivity contribution in [1.82, 2.24) is 4.98 Å². The van der Waals surface area contributed by atoms with Crippen LogP contribution < -0.4 is 4.74 Å². The van der Waals surface area contributed by atoms with Gasteiger partial charge in [-0.15, -0.1) is 0 Å². The molecule has 0 unspecified atom stereocenters. The Hall–Kier alpha value is -2.45. The lowest BCUT2D eigenvalue weighted by molar-refractivity contribution is 0.307. The van der Waals surface area contributed by atoms with E-state index in [1.165, 1.54) is 6.08 Å². The molecule has 0 atom stereocenters. The molecule has 0 aliphatic rings. The largest absolute Gasteiger partial charge is 0.487 e. The Labute approximate surface area is 98.6 Å². The maximum absolute atomic E-state index is 10.2. The van der Waals surface area contributed by atoms with E-state index in [1.54, 1.807) is 30.6 Å². The number of hydrogen-bond acceptors (Lipinski definition) is 4. The van der Waals surface area contributed by atoms with E-state index < -0.39 is 0 Å². The lowest BCUT2D eigenvalue weighted by Gasteiger charge is -2.07. The van der Waals surface area contributed by atoms with Crippen LogP contribution in [0, 0.1) is 0 Å². The van der Waals surface area contributed by atoms with Gasteiger partial charge >= 0.3 is 0 Å². The number of rotatable bonds is 4. The first-order valence-electron chi connectivity index (χ1n) is 5.09. The maximum atomic E-state index is 10.2. The van der Waals surface area contributed by atoms with Gasteiger partial charge < -0.3 is 4.74 Å². The molecule has 0 N–H and O–H groups in total. The zero-order valence-corrected chi connectivity index (χ0v) is 9.04. The zero-order valence-electron chi connectivity index (χ0n) is 9.04. The monoisotopic (exact) mass is 226 g/mol. The van der Waals surface area contributed by atoms with E-state index in [4.69, 9.17) is 4.74 Å². The van der Waals surface area contributed by atoms with Gasteiger partial charge in [-0.25, -0.2) is 4.79 Å². The van der Waals surface area contributed by atoms with Gasteiger partial charge in [-0.3, -0.25) is 4.98 Å². The molecule has 0 saturated carbocycles. The Balaban J connectivity index is 2.11. The molecule has 17 heavy (non-hydrogen) atoms. The van der Waals surface area contributed by atoms with Crippen molar-refractivity contribution in [3.8, 4) is 5.75 Å². The fraction of sp³-hybridized carbons (Fsp3) is 0.0769. The third-order valence-electron chi connectivity index (χ3n) is 2.15. The second-order valence-electron chi connectivity index (χ2n) is 3.32. The fourth-order valence-corrected chi connectivity index (χ4v) is 1.37. The van der Waals surface area contributed by atoms with Gasteiger partial charge in [-0.2, -0.15) is 4.99 Å². The highest BCUT2D eigenvalue weighted by atomic mass is 16.5. The third-order valence-corrected chi connectivity index (χ3v) is 2.15. The summed E-state index contributed by atoms with van der Waals surface area (Å²) in [6.45, 7) is 0.388. The van der Waals surface area contributed by atoms with Crippen molar-refractivity contribution in [3.63, 3.8) is 0 Å². The van der Waals surface area contributed by atoms with E-state index >= 15 is 0 Å². The van der Waals surface area contributed by atoms with Crippen LogP contribution in [0.5, 0.6) is 5.75 Å². The molecule has 1 aromatic heterocycles. The summed E-state index contributed by atoms with van der Waals surface area (Å²) in [6, 6.07) is 10.8. The molecule has 0 aliphatic heterocycles. The average molecular weight is 226 g/mol. The number of carbonyl (C=O) groups excluding carboxylic acids is 1. The molecular weight excluding hydrogens is 216 g/mol. The fourth-order valence-electron chi connectivity index (χ4n) is 1.37. The molecule has 0 fully saturated rings. The zero-order chi connectivity index (χ0) is 11.9. The van der Waals surface area contributed by atoms with Gasteiger partial charge in [0.1, 0.15) is 18.0 Å². The van der Waals surface area contributed by atoms with Gasteiger partial charge in [0, 0.05) is 18.0 Å². The normalized spacial score (nSPS) is 9.41. The Bertz CT molecular complexity index is 534. The number of isocyanates is 1. The van der Waals surface area contributed by atoms with Crippen molar-refractivity contribution in [2.75, 3.05) is 0 Å². The maximum Gasteiger partial charge on any atom is 0.240 e. The van der Waals surface area contributed by atoms with Crippen molar-refractivity contribution in [2.45, 2.75) is 6.61 Å². The number of para-hydroxylation sites is 2. The van der Waals surface area contributed by atoms with E-state index in [1.807, 2.05) is 18.2 Å². The second kappa shape index (κ2) is 5.58. The molecule has 0 spiro atoms. The lowest BCUT2D eigenvalue weighted by atomic mass is 10.3. The molecule has 2 aromatic rings. The topological polar surface area (TPSA) is 51.5 Å². The van der Waals surface area contributed by atoms with Crippen LogP contribution in [0.2, 0.25) is 0 Å². The Morgan fingerprint density at radius 3 is 2.88 bits per heavy atom. The van der Waals surface area contributed by atoms with E-state index in [2.05, 4.69) is 9.98 Å². The summed E-state index contributed by atoms with van der Waals surface area (Å²) in [7, 11) is 0. The van der Waals surface area contributed by atoms with Gasteiger partial charge in [0.25, 0.3) is 0 Å². The first kappa shape index (κ1) is 11.0. The van der Waals surface area contributed by atoms with Crippen LogP contribution in [-0.4, -0.2) is 11.1 Å². The summed E-state index contributed by atoms with van der Waals surface area (Å²) >= 11 is 0. The van der Waals surface area contributed by atoms with E-state index in [0.29, 0.717) is 18.0 Å². The van der Waals surface area contributed by atoms with Crippen molar-refractivity contribution >= 4 is 11.8 Å². The number of pyridine rings is 1. The van der Waals surface area contributed by atoms with E-state index in [9.17, 15) is 4.79 Å². The highest BCUT2D eigenvalue weighted by molar-refractivity contribution is 5.57. The predicted molar refractivity (Wildman–Crippen MR) is 62.8 cm³/mol. The number of aliphatic imine (C=N–C) groups is 1. The number of nitrogens with zero attached hydrogens (tertiary/aromatic N) is 2. The minimum Gasteiger partial charge on any atom is -0.487 e. The summed E-state index contributed by atoms with van der Waals surface area (Å²) in [5, 5.41) is 0. The van der Waals surface area contributed by atoms with Crippen LogP contribution in [0.3, 0.4) is 0 Å². The van der Waals surface area contributed by atoms with Crippen LogP contribution >= 0.6 is 0 Å². The Kier molecular flexibility index (Phi) is 3.63. The Morgan fingerprint density at radius 2 is 2.12 bits per heavy atom. The first-order chi connectivity index (χ1) is 8.40. The van der Waals surface area contributed by atoms with Crippen LogP contribution in [0.25, 0.3) is 0 Å². The van der Waals surface area contributed by atoms with Crippen molar-refractivity contribution in [2.24, 2.45) is 4.99 Å². The van der Waals surface area contributed by atoms with Crippen LogP contribution in [-0.2, 0) is 11.4 Å². The summed E-state index contributed by atoms with van der Waals surface area (Å²) in [5.41, 5.74) is 1.43. The first-order valence-corrected chi connectivity index (χ1v) is 5.09. The summed E-state index contributed by atoms with van der Waals surface area (Å²) in [4.78, 5) is 17.8. The lowest BCUT2D eigenvalue weighted by Crippen LogP contribution is -1.95. The molecule has 0 radical (unpaired) electrons. The van der Waals surface area contributed by atoms with Gasteiger partial charge in [-0.05, 0) is 18.2 Å². The summed E-state index contributed by atoms with van der Waals surface area (Å²) in [6.07, 6.45) is 4.94. The third kappa shape index (κ3) is 3.00. The standard InChI is InChI=1S/C13H10N2O2/c16-10-15-12-5-1-2-6-13(12)17-9-11-4-3-7-14-8-11/h1-8H,9H2. The molecule has 4 heteroatoms. The highest BCUT2D eigenvalue weighted by Gasteiger charge is 2.01. The summed E-state index contributed by atoms with van der Waals surface area (Å²) < 4.78 is 5.56. The molecule has 0 bridgehead atoms. The number of hydrogen-bond donors (Lipinski definition) is 0.